The minimum atomic E-state index is 0.717. The van der Waals surface area contributed by atoms with Gasteiger partial charge in [0, 0.05) is 12.6 Å². The molecule has 12 heavy (non-hydrogen) atoms. The molecule has 1 fully saturated rings. The molecule has 0 aromatic carbocycles. The van der Waals surface area contributed by atoms with E-state index < -0.39 is 0 Å². The van der Waals surface area contributed by atoms with Crippen LogP contribution < -0.4 is 5.32 Å². The van der Waals surface area contributed by atoms with Crippen LogP contribution in [-0.4, -0.2) is 37.6 Å². The first kappa shape index (κ1) is 9.75. The van der Waals surface area contributed by atoms with Crippen molar-refractivity contribution in [2.24, 2.45) is 0 Å². The second-order valence-corrected chi connectivity index (χ2v) is 3.91. The Morgan fingerprint density at radius 2 is 2.42 bits per heavy atom. The van der Waals surface area contributed by atoms with Crippen LogP contribution in [0.15, 0.2) is 12.2 Å². The highest BCUT2D eigenvalue weighted by Gasteiger charge is 2.17. The number of nitrogens with zero attached hydrogens (tertiary/aromatic N) is 1. The summed E-state index contributed by atoms with van der Waals surface area (Å²) in [5.41, 5.74) is 1.27. The topological polar surface area (TPSA) is 15.3 Å². The van der Waals surface area contributed by atoms with E-state index in [2.05, 4.69) is 30.8 Å². The van der Waals surface area contributed by atoms with Crippen LogP contribution in [0.1, 0.15) is 19.8 Å². The number of rotatable bonds is 4. The second kappa shape index (κ2) is 4.63. The molecule has 70 valence electrons. The lowest BCUT2D eigenvalue weighted by Crippen LogP contribution is -2.32. The molecule has 0 bridgehead atoms. The second-order valence-electron chi connectivity index (χ2n) is 3.91. The van der Waals surface area contributed by atoms with Gasteiger partial charge in [-0.05, 0) is 39.9 Å². The normalized spacial score (nSPS) is 24.7. The molecule has 0 amide bonds. The van der Waals surface area contributed by atoms with Gasteiger partial charge in [-0.3, -0.25) is 0 Å². The molecule has 1 aliphatic heterocycles. The Morgan fingerprint density at radius 1 is 1.67 bits per heavy atom. The maximum absolute atomic E-state index is 3.88. The number of hydrogen-bond acceptors (Lipinski definition) is 2. The summed E-state index contributed by atoms with van der Waals surface area (Å²) >= 11 is 0. The van der Waals surface area contributed by atoms with E-state index in [1.165, 1.54) is 25.1 Å². The zero-order valence-corrected chi connectivity index (χ0v) is 8.27. The Kier molecular flexibility index (Phi) is 3.76. The third-order valence-corrected chi connectivity index (χ3v) is 2.38. The number of likely N-dealkylation sites (N-methyl/N-ethyl adjacent to an activating group) is 1. The number of nitrogens with one attached hydrogen (secondary N) is 1. The van der Waals surface area contributed by atoms with Crippen LogP contribution in [0.2, 0.25) is 0 Å². The van der Waals surface area contributed by atoms with Crippen molar-refractivity contribution in [1.29, 1.82) is 0 Å². The van der Waals surface area contributed by atoms with Crippen molar-refractivity contribution in [2.75, 3.05) is 26.7 Å². The fraction of sp³-hybridized carbons (Fsp3) is 0.800. The van der Waals surface area contributed by atoms with Crippen molar-refractivity contribution in [1.82, 2.24) is 10.2 Å². The molecule has 1 saturated heterocycles. The first-order chi connectivity index (χ1) is 5.68. The standard InChI is InChI=1S/C10H20N2/c1-9(2)4-6-11-10-5-7-12(3)8-10/h10-11H,1,4-8H2,2-3H3. The van der Waals surface area contributed by atoms with Crippen LogP contribution >= 0.6 is 0 Å². The molecule has 0 saturated carbocycles. The van der Waals surface area contributed by atoms with E-state index in [1.54, 1.807) is 0 Å². The van der Waals surface area contributed by atoms with Crippen molar-refractivity contribution in [3.05, 3.63) is 12.2 Å². The molecule has 1 rings (SSSR count). The van der Waals surface area contributed by atoms with Crippen LogP contribution in [-0.2, 0) is 0 Å². The summed E-state index contributed by atoms with van der Waals surface area (Å²) in [4.78, 5) is 2.37. The van der Waals surface area contributed by atoms with Crippen molar-refractivity contribution in [3.8, 4) is 0 Å². The van der Waals surface area contributed by atoms with E-state index >= 15 is 0 Å². The Morgan fingerprint density at radius 3 is 2.92 bits per heavy atom. The van der Waals surface area contributed by atoms with Gasteiger partial charge in [0.05, 0.1) is 0 Å². The van der Waals surface area contributed by atoms with Gasteiger partial charge in [-0.2, -0.15) is 0 Å². The third kappa shape index (κ3) is 3.37. The van der Waals surface area contributed by atoms with Crippen LogP contribution in [0.25, 0.3) is 0 Å². The smallest absolute Gasteiger partial charge is 0.0207 e. The maximum Gasteiger partial charge on any atom is 0.0207 e. The van der Waals surface area contributed by atoms with Crippen LogP contribution in [0.5, 0.6) is 0 Å². The SMILES string of the molecule is C=C(C)CCNC1CCN(C)C1. The lowest BCUT2D eigenvalue weighted by molar-refractivity contribution is 0.398. The van der Waals surface area contributed by atoms with Crippen LogP contribution in [0.3, 0.4) is 0 Å². The minimum absolute atomic E-state index is 0.717. The zero-order valence-electron chi connectivity index (χ0n) is 8.27. The van der Waals surface area contributed by atoms with Crippen LogP contribution in [0, 0.1) is 0 Å². The summed E-state index contributed by atoms with van der Waals surface area (Å²) in [6.45, 7) is 9.51. The van der Waals surface area contributed by atoms with E-state index in [-0.39, 0.29) is 0 Å². The van der Waals surface area contributed by atoms with Gasteiger partial charge in [0.15, 0.2) is 0 Å². The van der Waals surface area contributed by atoms with Crippen LogP contribution in [0.4, 0.5) is 0 Å². The van der Waals surface area contributed by atoms with Gasteiger partial charge in [0.2, 0.25) is 0 Å². The highest BCUT2D eigenvalue weighted by molar-refractivity contribution is 4.89. The largest absolute Gasteiger partial charge is 0.312 e. The predicted octanol–water partition coefficient (Wildman–Crippen LogP) is 1.25. The lowest BCUT2D eigenvalue weighted by Gasteiger charge is -2.12. The molecule has 1 aliphatic rings. The molecule has 0 aliphatic carbocycles. The summed E-state index contributed by atoms with van der Waals surface area (Å²) in [7, 11) is 2.18. The quantitative estimate of drug-likeness (QED) is 0.635. The first-order valence-corrected chi connectivity index (χ1v) is 4.75. The highest BCUT2D eigenvalue weighted by atomic mass is 15.2. The molecular weight excluding hydrogens is 148 g/mol. The Bertz CT molecular complexity index is 154. The number of hydrogen-bond donors (Lipinski definition) is 1. The molecule has 2 nitrogen and oxygen atoms in total. The van der Waals surface area contributed by atoms with E-state index in [4.69, 9.17) is 0 Å². The minimum Gasteiger partial charge on any atom is -0.312 e. The highest BCUT2D eigenvalue weighted by Crippen LogP contribution is 2.06. The van der Waals surface area contributed by atoms with Gasteiger partial charge in [-0.25, -0.2) is 0 Å². The molecular formula is C10H20N2. The van der Waals surface area contributed by atoms with Gasteiger partial charge in [0.25, 0.3) is 0 Å². The lowest BCUT2D eigenvalue weighted by atomic mass is 10.2. The average Bonchev–Trinajstić information content (AvgIpc) is 2.35. The molecule has 2 heteroatoms. The molecule has 1 unspecified atom stereocenters. The average molecular weight is 168 g/mol. The Hall–Kier alpha value is -0.340. The molecule has 1 heterocycles. The monoisotopic (exact) mass is 168 g/mol. The third-order valence-electron chi connectivity index (χ3n) is 2.38. The molecule has 1 N–H and O–H groups in total. The fourth-order valence-corrected chi connectivity index (χ4v) is 1.59. The van der Waals surface area contributed by atoms with Crippen molar-refractivity contribution in [3.63, 3.8) is 0 Å². The van der Waals surface area contributed by atoms with Gasteiger partial charge in [-0.15, -0.1) is 6.58 Å². The summed E-state index contributed by atoms with van der Waals surface area (Å²) in [5, 5.41) is 3.54. The summed E-state index contributed by atoms with van der Waals surface area (Å²) in [6.07, 6.45) is 2.41. The van der Waals surface area contributed by atoms with Gasteiger partial charge in [-0.1, -0.05) is 5.57 Å². The van der Waals surface area contributed by atoms with Gasteiger partial charge >= 0.3 is 0 Å². The van der Waals surface area contributed by atoms with Crippen molar-refractivity contribution in [2.45, 2.75) is 25.8 Å². The Labute approximate surface area is 75.6 Å². The van der Waals surface area contributed by atoms with Gasteiger partial charge in [0.1, 0.15) is 0 Å². The first-order valence-electron chi connectivity index (χ1n) is 4.75. The molecule has 0 spiro atoms. The molecule has 0 aromatic rings. The Balaban J connectivity index is 2.04. The number of likely N-dealkylation sites (tertiary alicyclic amines) is 1. The summed E-state index contributed by atoms with van der Waals surface area (Å²) in [5.74, 6) is 0. The molecule has 0 aromatic heterocycles. The van der Waals surface area contributed by atoms with Crippen molar-refractivity contribution >= 4 is 0 Å². The summed E-state index contributed by atoms with van der Waals surface area (Å²) in [6, 6.07) is 0.717. The van der Waals surface area contributed by atoms with Crippen molar-refractivity contribution < 1.29 is 0 Å². The zero-order chi connectivity index (χ0) is 8.97. The molecule has 1 atom stereocenters. The molecule has 0 radical (unpaired) electrons. The maximum atomic E-state index is 3.88. The van der Waals surface area contributed by atoms with E-state index in [1.807, 2.05) is 0 Å². The predicted molar refractivity (Wildman–Crippen MR) is 53.3 cm³/mol. The summed E-state index contributed by atoms with van der Waals surface area (Å²) < 4.78 is 0. The van der Waals surface area contributed by atoms with E-state index in [0.29, 0.717) is 6.04 Å². The van der Waals surface area contributed by atoms with Gasteiger partial charge < -0.3 is 10.2 Å². The fourth-order valence-electron chi connectivity index (χ4n) is 1.59. The van der Waals surface area contributed by atoms with E-state index in [9.17, 15) is 0 Å². The van der Waals surface area contributed by atoms with E-state index in [0.717, 1.165) is 13.0 Å².